The van der Waals surface area contributed by atoms with Gasteiger partial charge in [0.05, 0.1) is 46.5 Å². The molecule has 7 aromatic carbocycles. The van der Waals surface area contributed by atoms with E-state index in [2.05, 4.69) is 147 Å². The van der Waals surface area contributed by atoms with Crippen LogP contribution in [0.1, 0.15) is 140 Å². The van der Waals surface area contributed by atoms with Gasteiger partial charge in [-0.3, -0.25) is 0 Å². The van der Waals surface area contributed by atoms with E-state index in [1.807, 2.05) is 85.2 Å². The molecule has 378 valence electrons. The Bertz CT molecular complexity index is 2890. The molecular formula is C68H76N6. The molecule has 1 fully saturated rings. The number of aromatic nitrogens is 2. The molecule has 0 saturated heterocycles. The van der Waals surface area contributed by atoms with Gasteiger partial charge in [-0.25, -0.2) is 9.97 Å². The molecular weight excluding hydrogens is 901 g/mol. The van der Waals surface area contributed by atoms with Gasteiger partial charge in [0.2, 0.25) is 0 Å². The van der Waals surface area contributed by atoms with E-state index in [4.69, 9.17) is 21.0 Å². The third-order valence-electron chi connectivity index (χ3n) is 13.0. The van der Waals surface area contributed by atoms with Gasteiger partial charge in [-0.2, -0.15) is 21.0 Å². The summed E-state index contributed by atoms with van der Waals surface area (Å²) < 4.78 is 0. The Balaban J connectivity index is 0.000000335. The third-order valence-corrected chi connectivity index (χ3v) is 13.0. The van der Waals surface area contributed by atoms with E-state index in [1.54, 1.807) is 12.1 Å². The normalized spacial score (nSPS) is 12.6. The topological polar surface area (TPSA) is 121 Å². The summed E-state index contributed by atoms with van der Waals surface area (Å²) in [6.07, 6.45) is 13.5. The molecule has 0 spiro atoms. The van der Waals surface area contributed by atoms with Crippen molar-refractivity contribution in [2.45, 2.75) is 115 Å². The lowest BCUT2D eigenvalue weighted by Gasteiger charge is -2.28. The molecule has 0 unspecified atom stereocenters. The molecule has 74 heavy (non-hydrogen) atoms. The Morgan fingerprint density at radius 2 is 0.622 bits per heavy atom. The van der Waals surface area contributed by atoms with Crippen LogP contribution in [0.3, 0.4) is 0 Å². The van der Waals surface area contributed by atoms with Gasteiger partial charge in [-0.15, -0.1) is 0 Å². The SMILES string of the molecule is C.C.C.C.CCC1CCC(c2ccc(C#N)cc2)CC1.CCc1ccc(-c2ccc(-c3ccc(C#N)cc3)cc2)cc1.CCc1ccc(-c2ccc(C#N)cc2)cc1.CCc1cnc(-c2ccc(C#N)cc2)nc1. The summed E-state index contributed by atoms with van der Waals surface area (Å²) in [5.41, 5.74) is 16.1. The molecule has 1 heterocycles. The molecule has 1 saturated carbocycles. The second kappa shape index (κ2) is 32.5. The summed E-state index contributed by atoms with van der Waals surface area (Å²) in [7, 11) is 0. The molecule has 0 aliphatic heterocycles. The van der Waals surface area contributed by atoms with Crippen LogP contribution >= 0.6 is 0 Å². The minimum atomic E-state index is 0. The average Bonchev–Trinajstić information content (AvgIpc) is 3.46. The van der Waals surface area contributed by atoms with E-state index in [0.29, 0.717) is 22.5 Å². The molecule has 1 aromatic heterocycles. The molecule has 0 amide bonds. The number of nitrogens with zero attached hydrogens (tertiary/aromatic N) is 6. The van der Waals surface area contributed by atoms with Crippen LogP contribution in [0.25, 0.3) is 44.8 Å². The van der Waals surface area contributed by atoms with Crippen molar-refractivity contribution < 1.29 is 0 Å². The van der Waals surface area contributed by atoms with E-state index >= 15 is 0 Å². The van der Waals surface area contributed by atoms with Crippen LogP contribution in [-0.4, -0.2) is 9.97 Å². The Labute approximate surface area is 445 Å². The number of aryl methyl sites for hydroxylation is 3. The zero-order valence-corrected chi connectivity index (χ0v) is 40.8. The highest BCUT2D eigenvalue weighted by atomic mass is 14.9. The Morgan fingerprint density at radius 1 is 0.351 bits per heavy atom. The van der Waals surface area contributed by atoms with Crippen molar-refractivity contribution in [1.29, 1.82) is 21.0 Å². The van der Waals surface area contributed by atoms with Crippen LogP contribution in [-0.2, 0) is 19.3 Å². The van der Waals surface area contributed by atoms with E-state index < -0.39 is 0 Å². The fraction of sp³-hybridized carbons (Fsp3) is 0.265. The maximum absolute atomic E-state index is 8.85. The highest BCUT2D eigenvalue weighted by Gasteiger charge is 2.21. The van der Waals surface area contributed by atoms with Crippen LogP contribution in [0.2, 0.25) is 0 Å². The molecule has 8 aromatic rings. The molecule has 9 rings (SSSR count). The van der Waals surface area contributed by atoms with E-state index in [0.717, 1.165) is 58.9 Å². The maximum Gasteiger partial charge on any atom is 0.159 e. The molecule has 6 heteroatoms. The van der Waals surface area contributed by atoms with Crippen molar-refractivity contribution in [3.8, 4) is 69.0 Å². The molecule has 6 nitrogen and oxygen atoms in total. The van der Waals surface area contributed by atoms with Crippen molar-refractivity contribution in [3.63, 3.8) is 0 Å². The Hall–Kier alpha value is -8.42. The number of rotatable bonds is 9. The fourth-order valence-corrected chi connectivity index (χ4v) is 8.31. The molecule has 0 radical (unpaired) electrons. The Kier molecular flexibility index (Phi) is 27.1. The lowest BCUT2D eigenvalue weighted by atomic mass is 9.78. The fourth-order valence-electron chi connectivity index (χ4n) is 8.31. The highest BCUT2D eigenvalue weighted by Crippen LogP contribution is 2.37. The van der Waals surface area contributed by atoms with Crippen LogP contribution in [0, 0.1) is 51.2 Å². The summed E-state index contributed by atoms with van der Waals surface area (Å²) >= 11 is 0. The van der Waals surface area contributed by atoms with Crippen molar-refractivity contribution in [2.24, 2.45) is 5.92 Å². The van der Waals surface area contributed by atoms with Gasteiger partial charge in [0.1, 0.15) is 0 Å². The van der Waals surface area contributed by atoms with Crippen molar-refractivity contribution in [3.05, 3.63) is 227 Å². The second-order valence-electron chi connectivity index (χ2n) is 17.4. The summed E-state index contributed by atoms with van der Waals surface area (Å²) in [4.78, 5) is 8.56. The lowest BCUT2D eigenvalue weighted by molar-refractivity contribution is 0.319. The smallest absolute Gasteiger partial charge is 0.159 e. The van der Waals surface area contributed by atoms with Crippen LogP contribution < -0.4 is 0 Å². The van der Waals surface area contributed by atoms with E-state index in [-0.39, 0.29) is 29.7 Å². The average molecular weight is 977 g/mol. The first-order valence-corrected chi connectivity index (χ1v) is 24.4. The quantitative estimate of drug-likeness (QED) is 0.142. The van der Waals surface area contributed by atoms with E-state index in [9.17, 15) is 0 Å². The number of hydrogen-bond donors (Lipinski definition) is 0. The van der Waals surface area contributed by atoms with Crippen LogP contribution in [0.5, 0.6) is 0 Å². The first-order valence-electron chi connectivity index (χ1n) is 24.4. The monoisotopic (exact) mass is 977 g/mol. The van der Waals surface area contributed by atoms with Gasteiger partial charge in [-0.1, -0.05) is 173 Å². The van der Waals surface area contributed by atoms with Gasteiger partial charge >= 0.3 is 0 Å². The molecule has 1 aliphatic carbocycles. The largest absolute Gasteiger partial charge is 0.236 e. The second-order valence-corrected chi connectivity index (χ2v) is 17.4. The zero-order valence-electron chi connectivity index (χ0n) is 40.8. The number of hydrogen-bond acceptors (Lipinski definition) is 6. The summed E-state index contributed by atoms with van der Waals surface area (Å²) in [5.74, 6) is 2.38. The maximum atomic E-state index is 8.85. The summed E-state index contributed by atoms with van der Waals surface area (Å²) in [6, 6.07) is 65.1. The van der Waals surface area contributed by atoms with Gasteiger partial charge in [0.15, 0.2) is 5.82 Å². The molecule has 0 atom stereocenters. The van der Waals surface area contributed by atoms with Crippen molar-refractivity contribution in [1.82, 2.24) is 9.97 Å². The predicted molar refractivity (Wildman–Crippen MR) is 312 cm³/mol. The van der Waals surface area contributed by atoms with Gasteiger partial charge in [0.25, 0.3) is 0 Å². The molecule has 1 aliphatic rings. The zero-order chi connectivity index (χ0) is 49.5. The number of nitriles is 4. The highest BCUT2D eigenvalue weighted by molar-refractivity contribution is 5.71. The summed E-state index contributed by atoms with van der Waals surface area (Å²) in [6.45, 7) is 8.69. The summed E-state index contributed by atoms with van der Waals surface area (Å²) in [5, 5.41) is 35.0. The van der Waals surface area contributed by atoms with Crippen LogP contribution in [0.4, 0.5) is 0 Å². The third kappa shape index (κ3) is 18.0. The number of benzene rings is 7. The predicted octanol–water partition coefficient (Wildman–Crippen LogP) is 18.6. The molecule has 0 bridgehead atoms. The first kappa shape index (κ1) is 61.7. The first-order chi connectivity index (χ1) is 34.3. The van der Waals surface area contributed by atoms with Gasteiger partial charge < -0.3 is 0 Å². The lowest BCUT2D eigenvalue weighted by Crippen LogP contribution is -2.12. The minimum absolute atomic E-state index is 0. The van der Waals surface area contributed by atoms with Gasteiger partial charge in [-0.05, 0) is 173 Å². The standard InChI is InChI=1S/C21H17N.C15H19N.C15H13N.C13H11N3.4CH4/c1-2-16-3-7-18(8-4-16)20-11-13-21(14-12-20)19-9-5-17(15-22)6-10-19;2*1-2-12-3-7-14(8-4-12)15-9-5-13(11-16)6-10-15;1-2-10-8-15-13(16-9-10)12-5-3-11(7-14)4-6-12;;;;/h3-14H,2H2,1H3;5-6,9-10,12,14H,2-4,7-8H2,1H3;3-10H,2H2,1H3;3-6,8-9H,2H2,1H3;4*1H4. The van der Waals surface area contributed by atoms with Crippen molar-refractivity contribution >= 4 is 0 Å². The molecule has 0 N–H and O–H groups in total. The van der Waals surface area contributed by atoms with Crippen molar-refractivity contribution in [2.75, 3.05) is 0 Å². The Morgan fingerprint density at radius 3 is 0.905 bits per heavy atom. The van der Waals surface area contributed by atoms with E-state index in [1.165, 1.54) is 71.0 Å². The van der Waals surface area contributed by atoms with Gasteiger partial charge in [0, 0.05) is 18.0 Å². The van der Waals surface area contributed by atoms with Crippen LogP contribution in [0.15, 0.2) is 182 Å². The minimum Gasteiger partial charge on any atom is -0.236 e.